The summed E-state index contributed by atoms with van der Waals surface area (Å²) in [7, 11) is 1.80. The van der Waals surface area contributed by atoms with Crippen molar-refractivity contribution in [2.75, 3.05) is 19.5 Å². The fourth-order valence-electron chi connectivity index (χ4n) is 1.68. The Morgan fingerprint density at radius 2 is 2.11 bits per heavy atom. The van der Waals surface area contributed by atoms with E-state index in [1.54, 1.807) is 11.9 Å². The molecular formula is C14H20ClNO2. The van der Waals surface area contributed by atoms with E-state index in [-0.39, 0.29) is 5.91 Å². The van der Waals surface area contributed by atoms with Crippen LogP contribution in [0.4, 0.5) is 0 Å². The normalized spacial score (nSPS) is 10.2. The third-order valence-electron chi connectivity index (χ3n) is 2.63. The first kappa shape index (κ1) is 14.8. The standard InChI is InChI=1S/C14H20ClNO2/c1-3-18-13-8-5-4-7-12(13)11-16(2)14(17)9-6-10-15/h4-5,7-8H,3,6,9-11H2,1-2H3. The molecule has 1 amide bonds. The minimum absolute atomic E-state index is 0.113. The molecule has 4 heteroatoms. The van der Waals surface area contributed by atoms with E-state index in [0.717, 1.165) is 17.7 Å². The fraction of sp³-hybridized carbons (Fsp3) is 0.500. The monoisotopic (exact) mass is 269 g/mol. The SMILES string of the molecule is CCOc1ccccc1CN(C)C(=O)CCCCl. The number of halogens is 1. The zero-order valence-corrected chi connectivity index (χ0v) is 11.7. The molecule has 100 valence electrons. The molecule has 0 aliphatic rings. The minimum atomic E-state index is 0.113. The van der Waals surface area contributed by atoms with Crippen molar-refractivity contribution in [1.29, 1.82) is 0 Å². The molecular weight excluding hydrogens is 250 g/mol. The molecule has 0 heterocycles. The maximum atomic E-state index is 11.8. The Morgan fingerprint density at radius 1 is 1.39 bits per heavy atom. The lowest BCUT2D eigenvalue weighted by molar-refractivity contribution is -0.130. The van der Waals surface area contributed by atoms with Gasteiger partial charge in [0.15, 0.2) is 0 Å². The zero-order chi connectivity index (χ0) is 13.4. The quantitative estimate of drug-likeness (QED) is 0.712. The van der Waals surface area contributed by atoms with Gasteiger partial charge in [0.2, 0.25) is 5.91 Å². The predicted octanol–water partition coefficient (Wildman–Crippen LogP) is 3.06. The fourth-order valence-corrected chi connectivity index (χ4v) is 1.82. The molecule has 0 spiro atoms. The molecule has 0 atom stereocenters. The summed E-state index contributed by atoms with van der Waals surface area (Å²) in [5, 5.41) is 0. The Balaban J connectivity index is 2.63. The highest BCUT2D eigenvalue weighted by molar-refractivity contribution is 6.17. The van der Waals surface area contributed by atoms with Gasteiger partial charge in [-0.2, -0.15) is 0 Å². The first-order valence-electron chi connectivity index (χ1n) is 6.19. The number of hydrogen-bond donors (Lipinski definition) is 0. The largest absolute Gasteiger partial charge is 0.494 e. The van der Waals surface area contributed by atoms with Gasteiger partial charge in [-0.05, 0) is 19.4 Å². The van der Waals surface area contributed by atoms with Crippen LogP contribution in [0.25, 0.3) is 0 Å². The van der Waals surface area contributed by atoms with Crippen LogP contribution in [0.15, 0.2) is 24.3 Å². The number of benzene rings is 1. The van der Waals surface area contributed by atoms with Gasteiger partial charge in [-0.15, -0.1) is 11.6 Å². The molecule has 0 fully saturated rings. The van der Waals surface area contributed by atoms with Gasteiger partial charge in [-0.1, -0.05) is 18.2 Å². The van der Waals surface area contributed by atoms with Crippen LogP contribution in [0.5, 0.6) is 5.75 Å². The van der Waals surface area contributed by atoms with Crippen LogP contribution in [-0.2, 0) is 11.3 Å². The number of rotatable bonds is 7. The maximum Gasteiger partial charge on any atom is 0.222 e. The molecule has 0 unspecified atom stereocenters. The Hall–Kier alpha value is -1.22. The Morgan fingerprint density at radius 3 is 2.78 bits per heavy atom. The lowest BCUT2D eigenvalue weighted by Crippen LogP contribution is -2.26. The van der Waals surface area contributed by atoms with E-state index in [0.29, 0.717) is 25.5 Å². The molecule has 1 aromatic carbocycles. The minimum Gasteiger partial charge on any atom is -0.494 e. The van der Waals surface area contributed by atoms with Gasteiger partial charge in [0.25, 0.3) is 0 Å². The zero-order valence-electron chi connectivity index (χ0n) is 11.0. The second-order valence-corrected chi connectivity index (χ2v) is 4.46. The first-order chi connectivity index (χ1) is 8.69. The van der Waals surface area contributed by atoms with E-state index in [1.807, 2.05) is 31.2 Å². The Labute approximate surface area is 114 Å². The molecule has 3 nitrogen and oxygen atoms in total. The van der Waals surface area contributed by atoms with Crippen LogP contribution in [0.3, 0.4) is 0 Å². The number of alkyl halides is 1. The third kappa shape index (κ3) is 4.57. The van der Waals surface area contributed by atoms with Crippen LogP contribution in [0.2, 0.25) is 0 Å². The molecule has 0 saturated carbocycles. The van der Waals surface area contributed by atoms with Gasteiger partial charge in [0.05, 0.1) is 6.61 Å². The summed E-state index contributed by atoms with van der Waals surface area (Å²) >= 11 is 5.59. The van der Waals surface area contributed by atoms with Gasteiger partial charge in [-0.3, -0.25) is 4.79 Å². The molecule has 0 aliphatic heterocycles. The van der Waals surface area contributed by atoms with E-state index in [4.69, 9.17) is 16.3 Å². The highest BCUT2D eigenvalue weighted by Gasteiger charge is 2.11. The van der Waals surface area contributed by atoms with Crippen LogP contribution in [0, 0.1) is 0 Å². The second-order valence-electron chi connectivity index (χ2n) is 4.08. The van der Waals surface area contributed by atoms with Crippen molar-refractivity contribution in [1.82, 2.24) is 4.90 Å². The number of ether oxygens (including phenoxy) is 1. The number of hydrogen-bond acceptors (Lipinski definition) is 2. The summed E-state index contributed by atoms with van der Waals surface area (Å²) in [6, 6.07) is 7.80. The lowest BCUT2D eigenvalue weighted by atomic mass is 10.2. The predicted molar refractivity (Wildman–Crippen MR) is 74.0 cm³/mol. The van der Waals surface area contributed by atoms with Crippen LogP contribution in [0.1, 0.15) is 25.3 Å². The van der Waals surface area contributed by atoms with E-state index in [2.05, 4.69) is 0 Å². The van der Waals surface area contributed by atoms with Crippen molar-refractivity contribution < 1.29 is 9.53 Å². The molecule has 18 heavy (non-hydrogen) atoms. The molecule has 0 aliphatic carbocycles. The smallest absolute Gasteiger partial charge is 0.222 e. The summed E-state index contributed by atoms with van der Waals surface area (Å²) in [4.78, 5) is 13.5. The van der Waals surface area contributed by atoms with Crippen molar-refractivity contribution in [3.05, 3.63) is 29.8 Å². The average Bonchev–Trinajstić information content (AvgIpc) is 2.38. The van der Waals surface area contributed by atoms with Crippen LogP contribution >= 0.6 is 11.6 Å². The van der Waals surface area contributed by atoms with Crippen LogP contribution < -0.4 is 4.74 Å². The van der Waals surface area contributed by atoms with E-state index >= 15 is 0 Å². The van der Waals surface area contributed by atoms with Gasteiger partial charge in [0, 0.05) is 31.5 Å². The summed E-state index contributed by atoms with van der Waals surface area (Å²) in [5.41, 5.74) is 1.03. The van der Waals surface area contributed by atoms with E-state index in [9.17, 15) is 4.79 Å². The second kappa shape index (κ2) is 7.98. The number of nitrogens with zero attached hydrogens (tertiary/aromatic N) is 1. The molecule has 0 aromatic heterocycles. The number of amides is 1. The van der Waals surface area contributed by atoms with Crippen molar-refractivity contribution in [2.24, 2.45) is 0 Å². The summed E-state index contributed by atoms with van der Waals surface area (Å²) in [5.74, 6) is 1.48. The Bertz CT molecular complexity index is 382. The third-order valence-corrected chi connectivity index (χ3v) is 2.90. The van der Waals surface area contributed by atoms with Gasteiger partial charge < -0.3 is 9.64 Å². The molecule has 0 N–H and O–H groups in total. The van der Waals surface area contributed by atoms with Crippen LogP contribution in [-0.4, -0.2) is 30.3 Å². The summed E-state index contributed by atoms with van der Waals surface area (Å²) in [6.45, 7) is 3.14. The maximum absolute atomic E-state index is 11.8. The average molecular weight is 270 g/mol. The van der Waals surface area contributed by atoms with Crippen molar-refractivity contribution >= 4 is 17.5 Å². The Kier molecular flexibility index (Phi) is 6.58. The topological polar surface area (TPSA) is 29.5 Å². The van der Waals surface area contributed by atoms with Crippen molar-refractivity contribution in [3.63, 3.8) is 0 Å². The van der Waals surface area contributed by atoms with Gasteiger partial charge in [0.1, 0.15) is 5.75 Å². The molecule has 0 saturated heterocycles. The molecule has 0 radical (unpaired) electrons. The summed E-state index contributed by atoms with van der Waals surface area (Å²) in [6.07, 6.45) is 1.22. The van der Waals surface area contributed by atoms with Crippen molar-refractivity contribution in [2.45, 2.75) is 26.3 Å². The van der Waals surface area contributed by atoms with E-state index in [1.165, 1.54) is 0 Å². The molecule has 1 aromatic rings. The molecule has 1 rings (SSSR count). The van der Waals surface area contributed by atoms with Crippen molar-refractivity contribution in [3.8, 4) is 5.75 Å². The van der Waals surface area contributed by atoms with Gasteiger partial charge in [-0.25, -0.2) is 0 Å². The highest BCUT2D eigenvalue weighted by atomic mass is 35.5. The lowest BCUT2D eigenvalue weighted by Gasteiger charge is -2.19. The highest BCUT2D eigenvalue weighted by Crippen LogP contribution is 2.19. The first-order valence-corrected chi connectivity index (χ1v) is 6.73. The number of carbonyl (C=O) groups excluding carboxylic acids is 1. The van der Waals surface area contributed by atoms with E-state index < -0.39 is 0 Å². The summed E-state index contributed by atoms with van der Waals surface area (Å²) < 4.78 is 5.54. The number of para-hydroxylation sites is 1. The van der Waals surface area contributed by atoms with Gasteiger partial charge >= 0.3 is 0 Å². The molecule has 0 bridgehead atoms. The number of carbonyl (C=O) groups is 1.